The van der Waals surface area contributed by atoms with Gasteiger partial charge in [0, 0.05) is 12.8 Å². The summed E-state index contributed by atoms with van der Waals surface area (Å²) in [5.41, 5.74) is 2.19. The largest absolute Gasteiger partial charge is 0.492 e. The third kappa shape index (κ3) is 6.68. The highest BCUT2D eigenvalue weighted by atomic mass is 16.6. The minimum absolute atomic E-state index is 0.000858. The van der Waals surface area contributed by atoms with Gasteiger partial charge in [-0.25, -0.2) is 0 Å². The van der Waals surface area contributed by atoms with Crippen molar-refractivity contribution in [3.05, 3.63) is 83.6 Å². The van der Waals surface area contributed by atoms with E-state index in [1.165, 1.54) is 6.92 Å². The molecule has 0 aliphatic carbocycles. The SMILES string of the molecule is CC[C@H]1O/C(=C/COC(C)=O)[C@@H](OCc2ccccc2)[C@@H](OCc2ccccc2)[C@@H]1C. The predicted molar refractivity (Wildman–Crippen MR) is 119 cm³/mol. The Labute approximate surface area is 185 Å². The second kappa shape index (κ2) is 11.7. The average molecular weight is 425 g/mol. The van der Waals surface area contributed by atoms with Crippen molar-refractivity contribution < 1.29 is 23.7 Å². The van der Waals surface area contributed by atoms with Crippen molar-refractivity contribution in [2.24, 2.45) is 5.92 Å². The van der Waals surface area contributed by atoms with Gasteiger partial charge in [0.25, 0.3) is 0 Å². The summed E-state index contributed by atoms with van der Waals surface area (Å²) in [5, 5.41) is 0. The third-order valence-electron chi connectivity index (χ3n) is 5.50. The van der Waals surface area contributed by atoms with Gasteiger partial charge in [0.15, 0.2) is 0 Å². The Bertz CT molecular complexity index is 833. The van der Waals surface area contributed by atoms with E-state index in [4.69, 9.17) is 18.9 Å². The summed E-state index contributed by atoms with van der Waals surface area (Å²) in [6.07, 6.45) is 2.07. The van der Waals surface area contributed by atoms with E-state index in [9.17, 15) is 4.79 Å². The van der Waals surface area contributed by atoms with Gasteiger partial charge in [-0.3, -0.25) is 4.79 Å². The van der Waals surface area contributed by atoms with Gasteiger partial charge < -0.3 is 18.9 Å². The molecule has 0 N–H and O–H groups in total. The summed E-state index contributed by atoms with van der Waals surface area (Å²) >= 11 is 0. The van der Waals surface area contributed by atoms with E-state index in [1.807, 2.05) is 48.5 Å². The normalized spacial score (nSPS) is 24.5. The van der Waals surface area contributed by atoms with Gasteiger partial charge in [-0.2, -0.15) is 0 Å². The molecule has 2 aromatic carbocycles. The summed E-state index contributed by atoms with van der Waals surface area (Å²) in [6.45, 7) is 6.72. The molecule has 0 bridgehead atoms. The summed E-state index contributed by atoms with van der Waals surface area (Å²) in [6, 6.07) is 20.2. The van der Waals surface area contributed by atoms with E-state index in [-0.39, 0.29) is 30.7 Å². The quantitative estimate of drug-likeness (QED) is 0.527. The zero-order valence-electron chi connectivity index (χ0n) is 18.5. The van der Waals surface area contributed by atoms with E-state index >= 15 is 0 Å². The van der Waals surface area contributed by atoms with Crippen LogP contribution in [-0.2, 0) is 37.0 Å². The fourth-order valence-electron chi connectivity index (χ4n) is 3.80. The van der Waals surface area contributed by atoms with Gasteiger partial charge in [-0.1, -0.05) is 74.5 Å². The van der Waals surface area contributed by atoms with Gasteiger partial charge in [0.2, 0.25) is 0 Å². The molecular weight excluding hydrogens is 392 g/mol. The van der Waals surface area contributed by atoms with Crippen LogP contribution in [0.1, 0.15) is 38.3 Å². The zero-order chi connectivity index (χ0) is 22.1. The van der Waals surface area contributed by atoms with Crippen molar-refractivity contribution in [3.63, 3.8) is 0 Å². The minimum atomic E-state index is -0.391. The lowest BCUT2D eigenvalue weighted by Gasteiger charge is -2.42. The third-order valence-corrected chi connectivity index (χ3v) is 5.50. The number of hydrogen-bond donors (Lipinski definition) is 0. The van der Waals surface area contributed by atoms with Crippen LogP contribution in [0.2, 0.25) is 0 Å². The van der Waals surface area contributed by atoms with Crippen molar-refractivity contribution in [1.82, 2.24) is 0 Å². The van der Waals surface area contributed by atoms with E-state index in [2.05, 4.69) is 26.0 Å². The standard InChI is InChI=1S/C26H32O5/c1-4-23-19(2)25(29-17-21-11-7-5-8-12-21)26(24(31-23)15-16-28-20(3)27)30-18-22-13-9-6-10-14-22/h5-15,19,23,25-26H,4,16-18H2,1-3H3/b24-15+/t19-,23-,25+,26-/m1/s1. The molecule has 1 heterocycles. The van der Waals surface area contributed by atoms with Gasteiger partial charge in [-0.05, 0) is 23.6 Å². The minimum Gasteiger partial charge on any atom is -0.492 e. The van der Waals surface area contributed by atoms with Crippen LogP contribution in [0.25, 0.3) is 0 Å². The first-order valence-electron chi connectivity index (χ1n) is 10.9. The lowest BCUT2D eigenvalue weighted by atomic mass is 9.88. The van der Waals surface area contributed by atoms with Crippen molar-refractivity contribution in [3.8, 4) is 0 Å². The number of benzene rings is 2. The highest BCUT2D eigenvalue weighted by Gasteiger charge is 2.42. The van der Waals surface area contributed by atoms with E-state index in [0.29, 0.717) is 19.0 Å². The van der Waals surface area contributed by atoms with Gasteiger partial charge in [0.05, 0.1) is 19.3 Å². The van der Waals surface area contributed by atoms with Crippen molar-refractivity contribution in [1.29, 1.82) is 0 Å². The Morgan fingerprint density at radius 1 is 0.968 bits per heavy atom. The van der Waals surface area contributed by atoms with Crippen molar-refractivity contribution in [2.75, 3.05) is 6.61 Å². The highest BCUT2D eigenvalue weighted by Crippen LogP contribution is 2.35. The van der Waals surface area contributed by atoms with Crippen molar-refractivity contribution >= 4 is 5.97 Å². The molecule has 2 aromatic rings. The second-order valence-electron chi connectivity index (χ2n) is 7.81. The maximum atomic E-state index is 11.2. The van der Waals surface area contributed by atoms with Crippen LogP contribution in [-0.4, -0.2) is 30.9 Å². The smallest absolute Gasteiger partial charge is 0.302 e. The van der Waals surface area contributed by atoms with Crippen molar-refractivity contribution in [2.45, 2.75) is 58.7 Å². The van der Waals surface area contributed by atoms with Crippen LogP contribution in [0.5, 0.6) is 0 Å². The van der Waals surface area contributed by atoms with Crippen LogP contribution in [0.3, 0.4) is 0 Å². The van der Waals surface area contributed by atoms with Crippen LogP contribution in [0.15, 0.2) is 72.5 Å². The number of hydrogen-bond acceptors (Lipinski definition) is 5. The number of ether oxygens (including phenoxy) is 4. The first-order chi connectivity index (χ1) is 15.1. The maximum Gasteiger partial charge on any atom is 0.302 e. The molecule has 166 valence electrons. The number of esters is 1. The van der Waals surface area contributed by atoms with Crippen LogP contribution in [0, 0.1) is 5.92 Å². The molecule has 31 heavy (non-hydrogen) atoms. The summed E-state index contributed by atoms with van der Waals surface area (Å²) in [7, 11) is 0. The van der Waals surface area contributed by atoms with Gasteiger partial charge in [-0.15, -0.1) is 0 Å². The summed E-state index contributed by atoms with van der Waals surface area (Å²) in [4.78, 5) is 11.2. The fourth-order valence-corrected chi connectivity index (χ4v) is 3.80. The molecule has 0 aromatic heterocycles. The van der Waals surface area contributed by atoms with E-state index < -0.39 is 6.10 Å². The second-order valence-corrected chi connectivity index (χ2v) is 7.81. The zero-order valence-corrected chi connectivity index (χ0v) is 18.5. The van der Waals surface area contributed by atoms with Gasteiger partial charge >= 0.3 is 5.97 Å². The Morgan fingerprint density at radius 2 is 1.55 bits per heavy atom. The molecule has 0 spiro atoms. The maximum absolute atomic E-state index is 11.2. The molecule has 0 saturated carbocycles. The molecular formula is C26H32O5. The van der Waals surface area contributed by atoms with Crippen LogP contribution in [0.4, 0.5) is 0 Å². The molecule has 0 unspecified atom stereocenters. The Balaban J connectivity index is 1.81. The Morgan fingerprint density at radius 3 is 2.10 bits per heavy atom. The van der Waals surface area contributed by atoms with Crippen LogP contribution < -0.4 is 0 Å². The molecule has 5 heteroatoms. The molecule has 4 atom stereocenters. The first-order valence-corrected chi connectivity index (χ1v) is 10.9. The Kier molecular flexibility index (Phi) is 8.68. The number of carbonyl (C=O) groups is 1. The highest BCUT2D eigenvalue weighted by molar-refractivity contribution is 5.66. The van der Waals surface area contributed by atoms with Gasteiger partial charge in [0.1, 0.15) is 24.6 Å². The molecule has 1 aliphatic rings. The monoisotopic (exact) mass is 424 g/mol. The fraction of sp³-hybridized carbons (Fsp3) is 0.423. The molecule has 1 fully saturated rings. The summed E-state index contributed by atoms with van der Waals surface area (Å²) < 4.78 is 24.2. The van der Waals surface area contributed by atoms with E-state index in [0.717, 1.165) is 17.5 Å². The molecule has 5 nitrogen and oxygen atoms in total. The first kappa shape index (κ1) is 23.0. The molecule has 0 radical (unpaired) electrons. The summed E-state index contributed by atoms with van der Waals surface area (Å²) in [5.74, 6) is 0.479. The molecule has 3 rings (SSSR count). The molecule has 1 saturated heterocycles. The topological polar surface area (TPSA) is 54.0 Å². The van der Waals surface area contributed by atoms with E-state index in [1.54, 1.807) is 6.08 Å². The number of rotatable bonds is 9. The number of carbonyl (C=O) groups excluding carboxylic acids is 1. The Hall–Kier alpha value is -2.63. The van der Waals surface area contributed by atoms with Crippen LogP contribution >= 0.6 is 0 Å². The predicted octanol–water partition coefficient (Wildman–Crippen LogP) is 5.05. The lowest BCUT2D eigenvalue weighted by molar-refractivity contribution is -0.168. The average Bonchev–Trinajstić information content (AvgIpc) is 2.79. The lowest BCUT2D eigenvalue weighted by Crippen LogP contribution is -2.49. The molecule has 0 amide bonds. The molecule has 1 aliphatic heterocycles.